The standard InChI is InChI=1S/C29H27N7O2.C29H31N5O3.C28H30N6O2.C26H29F2N5O3/c1-5-21-10-11-30-29(33-21)7-6-12-36(23-13-24(37-3)16-25(14-23)38-4)22-8-9-26-27(15-22)34-28(18-31-26)20-17-32-35(2)19-20;1-33-20-21(18-31-33)28-19-30-26-9-8-22(16-27(26)32-28)34(13-7-12-29(35)10-5-4-6-11-29)23-14-24(36-2)17-25(15-23)37-3;1-33-19-21(17-31-33)28-18-30-26-7-6-22(15-27(26)32-28)34(12-4-5-20-8-10-29-11-9-20)23-13-24(35-2)16-25(14-23)36-3;1-16(2)33-14-17(12-30-33)24-13-29-22-7-6-18(10-23(22)31-24)32(15-25(34)26(3,27)28)19-8-20(35-4)11-21(9-19)36-5/h8-11,13-19H,5,12H2,1-4H3;8-9,14-20,35H,4-6,10-11,13H2,1-3H3;6-7,13-20,29H,8-12H2,1-3H3;6-14,16,25,34H,15H2,1-5H3/t;;;25-/m...1/s1. The highest BCUT2D eigenvalue weighted by Crippen LogP contribution is 2.42. The fourth-order valence-corrected chi connectivity index (χ4v) is 16.8. The van der Waals surface area contributed by atoms with Gasteiger partial charge in [-0.2, -0.15) is 20.4 Å². The summed E-state index contributed by atoms with van der Waals surface area (Å²) >= 11 is 0. The Kier molecular flexibility index (Phi) is 33.3. The van der Waals surface area contributed by atoms with Crippen molar-refractivity contribution in [1.82, 2.24) is 94.3 Å². The van der Waals surface area contributed by atoms with Gasteiger partial charge >= 0.3 is 0 Å². The van der Waals surface area contributed by atoms with Gasteiger partial charge in [-0.3, -0.25) is 38.7 Å². The zero-order valence-electron chi connectivity index (χ0n) is 84.8. The van der Waals surface area contributed by atoms with E-state index < -0.39 is 17.6 Å². The summed E-state index contributed by atoms with van der Waals surface area (Å²) in [5, 5.41) is 41.7. The van der Waals surface area contributed by atoms with Crippen molar-refractivity contribution in [3.63, 3.8) is 0 Å². The van der Waals surface area contributed by atoms with Crippen molar-refractivity contribution in [2.24, 2.45) is 27.1 Å². The molecule has 0 spiro atoms. The van der Waals surface area contributed by atoms with Gasteiger partial charge in [-0.25, -0.2) is 38.7 Å². The summed E-state index contributed by atoms with van der Waals surface area (Å²) in [6.07, 6.45) is 29.1. The quantitative estimate of drug-likeness (QED) is 0.0383. The normalized spacial score (nSPS) is 12.9. The Morgan fingerprint density at radius 3 is 1.10 bits per heavy atom. The van der Waals surface area contributed by atoms with E-state index in [9.17, 15) is 19.0 Å². The molecule has 1 saturated heterocycles. The molecule has 0 amide bonds. The van der Waals surface area contributed by atoms with Crippen LogP contribution >= 0.6 is 0 Å². The Morgan fingerprint density at radius 2 is 0.762 bits per heavy atom. The zero-order valence-corrected chi connectivity index (χ0v) is 84.8. The van der Waals surface area contributed by atoms with Crippen molar-refractivity contribution in [1.29, 1.82) is 0 Å². The van der Waals surface area contributed by atoms with E-state index in [0.29, 0.717) is 101 Å². The van der Waals surface area contributed by atoms with Gasteiger partial charge in [0.25, 0.3) is 5.92 Å². The maximum Gasteiger partial charge on any atom is 0.272 e. The molecule has 2 fully saturated rings. The summed E-state index contributed by atoms with van der Waals surface area (Å²) in [6.45, 7) is 9.77. The molecule has 17 aromatic rings. The smallest absolute Gasteiger partial charge is 0.272 e. The van der Waals surface area contributed by atoms with E-state index in [2.05, 4.69) is 125 Å². The topological polar surface area (TPSA) is 339 Å². The summed E-state index contributed by atoms with van der Waals surface area (Å²) in [7, 11) is 18.5. The lowest BCUT2D eigenvalue weighted by Crippen LogP contribution is -2.40. The number of methoxy groups -OCH3 is 8. The van der Waals surface area contributed by atoms with Gasteiger partial charge in [-0.15, -0.1) is 0 Å². The highest BCUT2D eigenvalue weighted by molar-refractivity contribution is 5.88. The predicted molar refractivity (Wildman–Crippen MR) is 567 cm³/mol. The average Bonchev–Trinajstić information content (AvgIpc) is 1.66. The van der Waals surface area contributed by atoms with E-state index in [1.165, 1.54) is 14.2 Å². The molecule has 0 radical (unpaired) electrons. The number of fused-ring (bicyclic) bond motifs is 4. The SMILES string of the molecule is CCc1ccnc(C#CCN(c2cc(OC)cc(OC)c2)c2ccc3ncc(-c4cnn(C)c4)nc3c2)n1.COc1cc(OC)cc(N(CC#CC2(O)CCCCC2)c2ccc3ncc(-c4cnn(C)c4)nc3c2)c1.COc1cc(OC)cc(N(CC#CC2CCNCC2)c2ccc3ncc(-c4cnn(C)c4)nc3c2)c1.COc1cc(OC)cc(N(C[C@@H](O)C(C)(F)F)c2ccc3ncc(-c4cnn(C(C)C)c4)nc3c2)c1. The Bertz CT molecular complexity index is 7580. The van der Waals surface area contributed by atoms with Gasteiger partial charge in [-0.05, 0) is 157 Å². The summed E-state index contributed by atoms with van der Waals surface area (Å²) in [6, 6.07) is 47.8. The minimum atomic E-state index is -3.30. The van der Waals surface area contributed by atoms with Crippen molar-refractivity contribution < 1.29 is 56.9 Å². The maximum absolute atomic E-state index is 14.0. The van der Waals surface area contributed by atoms with Crippen molar-refractivity contribution in [3.05, 3.63) is 244 Å². The minimum Gasteiger partial charge on any atom is -0.497 e. The first-order chi connectivity index (χ1) is 71.2. The van der Waals surface area contributed by atoms with Crippen LogP contribution in [0.2, 0.25) is 0 Å². The molecule has 0 bridgehead atoms. The van der Waals surface area contributed by atoms with Gasteiger partial charge in [0.15, 0.2) is 0 Å². The molecule has 1 saturated carbocycles. The number of hydrogen-bond donors (Lipinski definition) is 3. The van der Waals surface area contributed by atoms with Crippen molar-refractivity contribution in [2.45, 2.75) is 103 Å². The number of anilines is 8. The molecule has 10 heterocycles. The molecule has 1 aliphatic carbocycles. The highest BCUT2D eigenvalue weighted by atomic mass is 19.3. The second-order valence-corrected chi connectivity index (χ2v) is 35.6. The summed E-state index contributed by atoms with van der Waals surface area (Å²) in [5.41, 5.74) is 18.9. The number of ether oxygens (including phenoxy) is 8. The molecule has 9 aromatic heterocycles. The maximum atomic E-state index is 14.0. The molecule has 19 rings (SSSR count). The number of aliphatic hydroxyl groups excluding tert-OH is 1. The number of benzene rings is 8. The first kappa shape index (κ1) is 103. The van der Waals surface area contributed by atoms with Gasteiger partial charge in [0.2, 0.25) is 5.82 Å². The Hall–Kier alpha value is -16.9. The number of aliphatic hydroxyl groups is 2. The average molecular weight is 1980 g/mol. The molecule has 0 unspecified atom stereocenters. The van der Waals surface area contributed by atoms with E-state index in [1.807, 2.05) is 168 Å². The molecule has 1 atom stereocenters. The van der Waals surface area contributed by atoms with Crippen LogP contribution in [0.25, 0.3) is 89.2 Å². The lowest BCUT2D eigenvalue weighted by Gasteiger charge is -2.30. The summed E-state index contributed by atoms with van der Waals surface area (Å²) in [4.78, 5) is 54.4. The van der Waals surface area contributed by atoms with Gasteiger partial charge in [0.05, 0.1) is 200 Å². The van der Waals surface area contributed by atoms with E-state index in [-0.39, 0.29) is 12.6 Å². The summed E-state index contributed by atoms with van der Waals surface area (Å²) < 4.78 is 79.0. The van der Waals surface area contributed by atoms with Crippen LogP contribution in [-0.2, 0) is 27.6 Å². The lowest BCUT2D eigenvalue weighted by molar-refractivity contribution is -0.0878. The van der Waals surface area contributed by atoms with Crippen molar-refractivity contribution >= 4 is 89.6 Å². The van der Waals surface area contributed by atoms with E-state index in [0.717, 1.165) is 188 Å². The molecule has 3 N–H and O–H groups in total. The molecular formula is C112H117F2N23O10. The van der Waals surface area contributed by atoms with Crippen LogP contribution < -0.4 is 62.8 Å². The van der Waals surface area contributed by atoms with Crippen LogP contribution in [-0.4, -0.2) is 213 Å². The Balaban J connectivity index is 0.000000140. The molecular weight excluding hydrogens is 1870 g/mol. The number of alkyl halides is 2. The third-order valence-electron chi connectivity index (χ3n) is 24.9. The number of piperidine rings is 1. The van der Waals surface area contributed by atoms with Crippen molar-refractivity contribution in [3.8, 4) is 127 Å². The van der Waals surface area contributed by atoms with Crippen LogP contribution in [0, 0.1) is 41.4 Å². The molecule has 33 nitrogen and oxygen atoms in total. The number of rotatable bonds is 28. The number of nitrogens with one attached hydrogen (secondary N) is 1. The molecule has 35 heteroatoms. The number of hydrogen-bond acceptors (Lipinski definition) is 29. The molecule has 1 aliphatic heterocycles. The Morgan fingerprint density at radius 1 is 0.415 bits per heavy atom. The first-order valence-corrected chi connectivity index (χ1v) is 48.1. The second-order valence-electron chi connectivity index (χ2n) is 35.6. The largest absolute Gasteiger partial charge is 0.497 e. The van der Waals surface area contributed by atoms with Crippen LogP contribution in [0.4, 0.5) is 54.3 Å². The third-order valence-corrected chi connectivity index (χ3v) is 24.9. The van der Waals surface area contributed by atoms with Crippen LogP contribution in [0.1, 0.15) is 90.2 Å². The van der Waals surface area contributed by atoms with Crippen LogP contribution in [0.5, 0.6) is 46.0 Å². The zero-order chi connectivity index (χ0) is 103. The fourth-order valence-electron chi connectivity index (χ4n) is 16.8. The van der Waals surface area contributed by atoms with Crippen molar-refractivity contribution in [2.75, 3.05) is 116 Å². The minimum absolute atomic E-state index is 0.204. The van der Waals surface area contributed by atoms with Gasteiger partial charge in [0.1, 0.15) is 57.7 Å². The predicted octanol–water partition coefficient (Wildman–Crippen LogP) is 18.9. The second kappa shape index (κ2) is 47.5. The highest BCUT2D eigenvalue weighted by Gasteiger charge is 2.35. The molecule has 147 heavy (non-hydrogen) atoms. The van der Waals surface area contributed by atoms with Crippen LogP contribution in [0.15, 0.2) is 232 Å². The molecule has 2 aliphatic rings. The van der Waals surface area contributed by atoms with E-state index >= 15 is 0 Å². The fraction of sp³-hybridized carbons (Fsp3) is 0.304. The third kappa shape index (κ3) is 26.2. The molecule has 754 valence electrons. The number of nitrogens with zero attached hydrogens (tertiary/aromatic N) is 22. The van der Waals surface area contributed by atoms with Gasteiger partial charge < -0.3 is 73.0 Å². The lowest BCUT2D eigenvalue weighted by atomic mass is 9.85. The van der Waals surface area contributed by atoms with Crippen LogP contribution in [0.3, 0.4) is 0 Å². The monoisotopic (exact) mass is 1980 g/mol. The van der Waals surface area contributed by atoms with E-state index in [1.54, 1.807) is 154 Å². The number of halogens is 2. The summed E-state index contributed by atoms with van der Waals surface area (Å²) in [5.74, 6) is 22.4. The number of aromatic nitrogens is 18. The van der Waals surface area contributed by atoms with Gasteiger partial charge in [-0.1, -0.05) is 42.9 Å². The van der Waals surface area contributed by atoms with E-state index in [4.69, 9.17) is 57.8 Å². The number of aryl methyl sites for hydroxylation is 4. The first-order valence-electron chi connectivity index (χ1n) is 48.1. The molecule has 8 aromatic carbocycles. The Labute approximate surface area is 851 Å². The van der Waals surface area contributed by atoms with Gasteiger partial charge in [0, 0.05) is 217 Å².